The summed E-state index contributed by atoms with van der Waals surface area (Å²) in [5, 5.41) is 0. The van der Waals surface area contributed by atoms with Gasteiger partial charge in [-0.2, -0.15) is 4.31 Å². The zero-order valence-corrected chi connectivity index (χ0v) is 15.0. The van der Waals surface area contributed by atoms with Crippen LogP contribution in [0.15, 0.2) is 54.6 Å². The molecule has 0 aromatic heterocycles. The molecule has 1 heterocycles. The van der Waals surface area contributed by atoms with Crippen molar-refractivity contribution in [2.45, 2.75) is 25.6 Å². The van der Waals surface area contributed by atoms with E-state index in [9.17, 15) is 8.42 Å². The van der Waals surface area contributed by atoms with Crippen LogP contribution < -0.4 is 4.90 Å². The first-order valence-electron chi connectivity index (χ1n) is 8.31. The average molecular weight is 344 g/mol. The fourth-order valence-corrected chi connectivity index (χ4v) is 4.96. The molecule has 0 amide bonds. The summed E-state index contributed by atoms with van der Waals surface area (Å²) in [4.78, 5) is 2.25. The zero-order chi connectivity index (χ0) is 17.2. The first-order valence-corrected chi connectivity index (χ1v) is 9.92. The molecule has 3 rings (SSSR count). The molecule has 2 aromatic carbocycles. The van der Waals surface area contributed by atoms with E-state index >= 15 is 0 Å². The van der Waals surface area contributed by atoms with Crippen LogP contribution in [0, 0.1) is 6.92 Å². The first kappa shape index (κ1) is 17.0. The van der Waals surface area contributed by atoms with Gasteiger partial charge in [-0.15, -0.1) is 0 Å². The predicted molar refractivity (Wildman–Crippen MR) is 98.6 cm³/mol. The van der Waals surface area contributed by atoms with Crippen molar-refractivity contribution in [2.75, 3.05) is 24.5 Å². The largest absolute Gasteiger partial charge is 0.369 e. The van der Waals surface area contributed by atoms with Gasteiger partial charge in [-0.1, -0.05) is 48.0 Å². The van der Waals surface area contributed by atoms with Crippen molar-refractivity contribution in [1.29, 1.82) is 0 Å². The maximum Gasteiger partial charge on any atom is 0.218 e. The molecular weight excluding hydrogens is 320 g/mol. The molecule has 0 radical (unpaired) electrons. The summed E-state index contributed by atoms with van der Waals surface area (Å²) in [6.45, 7) is 5.97. The molecule has 0 saturated carbocycles. The lowest BCUT2D eigenvalue weighted by atomic mass is 10.2. The standard InChI is InChI=1S/C19H24N2O2S/c1-16-8-10-18(11-9-16)15-24(22,23)21-13-12-20(14-17(21)2)19-6-4-3-5-7-19/h3-11,17H,12-15H2,1-2H3. The number of hydrogen-bond donors (Lipinski definition) is 0. The van der Waals surface area contributed by atoms with Crippen LogP contribution in [0.2, 0.25) is 0 Å². The number of nitrogens with zero attached hydrogens (tertiary/aromatic N) is 2. The van der Waals surface area contributed by atoms with Crippen molar-refractivity contribution in [1.82, 2.24) is 4.31 Å². The third-order valence-corrected chi connectivity index (χ3v) is 6.47. The van der Waals surface area contributed by atoms with Crippen LogP contribution in [0.25, 0.3) is 0 Å². The third-order valence-electron chi connectivity index (χ3n) is 4.51. The van der Waals surface area contributed by atoms with Crippen molar-refractivity contribution in [2.24, 2.45) is 0 Å². The Labute approximate surface area is 144 Å². The normalized spacial score (nSPS) is 19.4. The number of benzene rings is 2. The predicted octanol–water partition coefficient (Wildman–Crippen LogP) is 3.04. The Balaban J connectivity index is 1.70. The van der Waals surface area contributed by atoms with E-state index in [0.29, 0.717) is 6.54 Å². The van der Waals surface area contributed by atoms with E-state index in [2.05, 4.69) is 17.0 Å². The second-order valence-corrected chi connectivity index (χ2v) is 8.40. The van der Waals surface area contributed by atoms with Gasteiger partial charge >= 0.3 is 0 Å². The zero-order valence-electron chi connectivity index (χ0n) is 14.2. The molecule has 1 saturated heterocycles. The molecule has 5 heteroatoms. The van der Waals surface area contributed by atoms with E-state index in [4.69, 9.17) is 0 Å². The highest BCUT2D eigenvalue weighted by atomic mass is 32.2. The summed E-state index contributed by atoms with van der Waals surface area (Å²) in [6, 6.07) is 17.9. The summed E-state index contributed by atoms with van der Waals surface area (Å²) in [5.41, 5.74) is 3.14. The van der Waals surface area contributed by atoms with Gasteiger partial charge in [0.2, 0.25) is 10.0 Å². The third kappa shape index (κ3) is 3.79. The van der Waals surface area contributed by atoms with Gasteiger partial charge in [0.25, 0.3) is 0 Å². The number of aryl methyl sites for hydroxylation is 1. The van der Waals surface area contributed by atoms with Crippen molar-refractivity contribution < 1.29 is 8.42 Å². The van der Waals surface area contributed by atoms with Gasteiger partial charge in [-0.25, -0.2) is 8.42 Å². The number of hydrogen-bond acceptors (Lipinski definition) is 3. The van der Waals surface area contributed by atoms with Crippen molar-refractivity contribution in [3.8, 4) is 0 Å². The number of sulfonamides is 1. The quantitative estimate of drug-likeness (QED) is 0.856. The molecule has 4 nitrogen and oxygen atoms in total. The van der Waals surface area contributed by atoms with Crippen molar-refractivity contribution in [3.63, 3.8) is 0 Å². The van der Waals surface area contributed by atoms with Gasteiger partial charge in [0.15, 0.2) is 0 Å². The summed E-state index contributed by atoms with van der Waals surface area (Å²) >= 11 is 0. The maximum atomic E-state index is 12.8. The molecule has 2 aromatic rings. The molecule has 1 fully saturated rings. The minimum Gasteiger partial charge on any atom is -0.369 e. The van der Waals surface area contributed by atoms with Gasteiger partial charge in [0.05, 0.1) is 5.75 Å². The molecule has 1 atom stereocenters. The number of piperazine rings is 1. The number of anilines is 1. The second kappa shape index (κ2) is 6.95. The van der Waals surface area contributed by atoms with Gasteiger partial charge in [-0.05, 0) is 31.5 Å². The fraction of sp³-hybridized carbons (Fsp3) is 0.368. The maximum absolute atomic E-state index is 12.8. The molecule has 24 heavy (non-hydrogen) atoms. The van der Waals surface area contributed by atoms with E-state index in [0.717, 1.165) is 29.9 Å². The highest BCUT2D eigenvalue weighted by molar-refractivity contribution is 7.88. The van der Waals surface area contributed by atoms with E-state index in [1.807, 2.05) is 56.3 Å². The van der Waals surface area contributed by atoms with Crippen LogP contribution in [-0.4, -0.2) is 38.4 Å². The molecule has 1 aliphatic rings. The van der Waals surface area contributed by atoms with Crippen molar-refractivity contribution in [3.05, 3.63) is 65.7 Å². The lowest BCUT2D eigenvalue weighted by Gasteiger charge is -2.40. The molecule has 1 unspecified atom stereocenters. The summed E-state index contributed by atoms with van der Waals surface area (Å²) < 4.78 is 27.3. The Morgan fingerprint density at radius 3 is 2.29 bits per heavy atom. The topological polar surface area (TPSA) is 40.6 Å². The van der Waals surface area contributed by atoms with Crippen LogP contribution in [0.3, 0.4) is 0 Å². The monoisotopic (exact) mass is 344 g/mol. The Morgan fingerprint density at radius 2 is 1.67 bits per heavy atom. The molecule has 128 valence electrons. The second-order valence-electron chi connectivity index (χ2n) is 6.48. The Hall–Kier alpha value is -1.85. The highest BCUT2D eigenvalue weighted by Crippen LogP contribution is 2.22. The Morgan fingerprint density at radius 1 is 1.00 bits per heavy atom. The van der Waals surface area contributed by atoms with Crippen LogP contribution in [0.1, 0.15) is 18.1 Å². The van der Waals surface area contributed by atoms with Gasteiger partial charge in [0, 0.05) is 31.4 Å². The molecule has 1 aliphatic heterocycles. The van der Waals surface area contributed by atoms with E-state index < -0.39 is 10.0 Å². The van der Waals surface area contributed by atoms with Crippen LogP contribution >= 0.6 is 0 Å². The average Bonchev–Trinajstić information content (AvgIpc) is 2.57. The summed E-state index contributed by atoms with van der Waals surface area (Å²) in [5.74, 6) is 0.0724. The van der Waals surface area contributed by atoms with Crippen LogP contribution in [0.4, 0.5) is 5.69 Å². The van der Waals surface area contributed by atoms with Gasteiger partial charge in [0.1, 0.15) is 0 Å². The summed E-state index contributed by atoms with van der Waals surface area (Å²) in [6.07, 6.45) is 0. The molecule has 0 spiro atoms. The van der Waals surface area contributed by atoms with E-state index in [1.54, 1.807) is 4.31 Å². The SMILES string of the molecule is Cc1ccc(CS(=O)(=O)N2CCN(c3ccccc3)CC2C)cc1. The lowest BCUT2D eigenvalue weighted by Crippen LogP contribution is -2.54. The number of rotatable bonds is 4. The summed E-state index contributed by atoms with van der Waals surface area (Å²) in [7, 11) is -3.30. The Bertz CT molecular complexity index is 773. The molecule has 0 bridgehead atoms. The van der Waals surface area contributed by atoms with Crippen LogP contribution in [-0.2, 0) is 15.8 Å². The molecule has 0 N–H and O–H groups in total. The molecule has 0 aliphatic carbocycles. The van der Waals surface area contributed by atoms with Crippen molar-refractivity contribution >= 4 is 15.7 Å². The van der Waals surface area contributed by atoms with Gasteiger partial charge in [-0.3, -0.25) is 0 Å². The highest BCUT2D eigenvalue weighted by Gasteiger charge is 2.32. The minimum atomic E-state index is -3.30. The fourth-order valence-electron chi connectivity index (χ4n) is 3.21. The first-order chi connectivity index (χ1) is 11.5. The molecular formula is C19H24N2O2S. The Kier molecular flexibility index (Phi) is 4.92. The van der Waals surface area contributed by atoms with E-state index in [1.165, 1.54) is 0 Å². The van der Waals surface area contributed by atoms with Crippen LogP contribution in [0.5, 0.6) is 0 Å². The smallest absolute Gasteiger partial charge is 0.218 e. The van der Waals surface area contributed by atoms with E-state index in [-0.39, 0.29) is 11.8 Å². The van der Waals surface area contributed by atoms with Gasteiger partial charge < -0.3 is 4.90 Å². The number of para-hydroxylation sites is 1. The minimum absolute atomic E-state index is 0.0330. The lowest BCUT2D eigenvalue weighted by molar-refractivity contribution is 0.306.